The number of rotatable bonds is 12. The van der Waals surface area contributed by atoms with Gasteiger partial charge in [0.25, 0.3) is 0 Å². The van der Waals surface area contributed by atoms with Crippen molar-refractivity contribution >= 4 is 32.3 Å². The third kappa shape index (κ3) is 16.2. The van der Waals surface area contributed by atoms with E-state index in [4.69, 9.17) is 23.8 Å². The van der Waals surface area contributed by atoms with Gasteiger partial charge in [-0.25, -0.2) is 0 Å². The first-order valence-corrected chi connectivity index (χ1v) is 22.3. The molecule has 0 radical (unpaired) electrons. The van der Waals surface area contributed by atoms with E-state index in [1.165, 1.54) is 28.5 Å². The first kappa shape index (κ1) is 49.9. The second-order valence-corrected chi connectivity index (χ2v) is 23.2. The number of carboxylic acids is 2. The highest BCUT2D eigenvalue weighted by atomic mass is 32.2. The van der Waals surface area contributed by atoms with Crippen molar-refractivity contribution in [2.45, 2.75) is 170 Å². The molecule has 0 aliphatic carbocycles. The molecule has 0 spiro atoms. The van der Waals surface area contributed by atoms with Crippen molar-refractivity contribution in [3.63, 3.8) is 0 Å². The van der Waals surface area contributed by atoms with Crippen LogP contribution in [0.25, 0.3) is 0 Å². The first-order valence-electron chi connectivity index (χ1n) is 20.0. The molecule has 3 rings (SSSR count). The highest BCUT2D eigenvalue weighted by Crippen LogP contribution is 2.50. The summed E-state index contributed by atoms with van der Waals surface area (Å²) in [5.74, 6) is 1.67. The number of hydrogen-bond acceptors (Lipinski definition) is 6. The molecule has 0 unspecified atom stereocenters. The highest BCUT2D eigenvalue weighted by Gasteiger charge is 2.32. The van der Waals surface area contributed by atoms with Crippen LogP contribution in [0.4, 0.5) is 0 Å². The van der Waals surface area contributed by atoms with Gasteiger partial charge in [-0.15, -0.1) is 0 Å². The molecule has 3 aromatic rings. The van der Waals surface area contributed by atoms with Crippen LogP contribution in [0.5, 0.6) is 17.2 Å². The number of aliphatic carboxylic acids is 2. The average molecular weight is 825 g/mol. The number of thioether (sulfide) groups is 1. The van der Waals surface area contributed by atoms with Gasteiger partial charge >= 0.3 is 20.5 Å². The second kappa shape index (κ2) is 19.2. The van der Waals surface area contributed by atoms with Crippen LogP contribution >= 0.6 is 20.4 Å². The van der Waals surface area contributed by atoms with Gasteiger partial charge in [0.15, 0.2) is 0 Å². The predicted octanol–water partition coefficient (Wildman–Crippen LogP) is 13.9. The largest absolute Gasteiger partial charge is 0.530 e. The van der Waals surface area contributed by atoms with Crippen LogP contribution in [-0.2, 0) is 42.1 Å². The van der Waals surface area contributed by atoms with E-state index in [9.17, 15) is 9.59 Å². The quantitative estimate of drug-likeness (QED) is 0.137. The van der Waals surface area contributed by atoms with Gasteiger partial charge in [0, 0.05) is 28.2 Å². The summed E-state index contributed by atoms with van der Waals surface area (Å²) in [5, 5.41) is 16.4. The zero-order valence-electron chi connectivity index (χ0n) is 38.3. The van der Waals surface area contributed by atoms with Crippen LogP contribution in [0.2, 0.25) is 0 Å². The molecule has 0 amide bonds. The van der Waals surface area contributed by atoms with E-state index in [0.29, 0.717) is 11.5 Å². The van der Waals surface area contributed by atoms with Crippen molar-refractivity contribution in [2.75, 3.05) is 11.5 Å². The summed E-state index contributed by atoms with van der Waals surface area (Å²) < 4.78 is 20.7. The fourth-order valence-corrected chi connectivity index (χ4v) is 7.62. The molecule has 0 aromatic heterocycles. The number of carbonyl (C=O) groups is 2. The van der Waals surface area contributed by atoms with Crippen molar-refractivity contribution in [1.82, 2.24) is 0 Å². The van der Waals surface area contributed by atoms with Crippen molar-refractivity contribution < 1.29 is 33.4 Å². The lowest BCUT2D eigenvalue weighted by molar-refractivity contribution is -0.137. The third-order valence-corrected chi connectivity index (χ3v) is 11.4. The van der Waals surface area contributed by atoms with Gasteiger partial charge in [-0.05, 0) is 67.4 Å². The standard InChI is InChI=1S/C42H63O3P.C6H10O4S/c1-37(2,3)28-19-22-34(31(25-28)40(10,11)12)43-46(44-35-23-20-29(38(4,5)6)26-32(35)41(13,14)15)45-36-24-21-30(39(7,8)9)27-33(36)42(16,17)18;7-5(8)1-3-11-4-2-6(9)10/h19-27H,1-18H3;1-4H2,(H,7,8)(H,9,10). The lowest BCUT2D eigenvalue weighted by Crippen LogP contribution is -2.20. The maximum absolute atomic E-state index is 9.97. The molecule has 0 saturated heterocycles. The summed E-state index contributed by atoms with van der Waals surface area (Å²) >= 11 is 1.35. The summed E-state index contributed by atoms with van der Waals surface area (Å²) in [7, 11) is -1.89. The predicted molar refractivity (Wildman–Crippen MR) is 242 cm³/mol. The van der Waals surface area contributed by atoms with E-state index >= 15 is 0 Å². The van der Waals surface area contributed by atoms with Gasteiger partial charge in [0.05, 0.1) is 12.8 Å². The maximum Gasteiger partial charge on any atom is 0.530 e. The van der Waals surface area contributed by atoms with Crippen LogP contribution in [0.3, 0.4) is 0 Å². The van der Waals surface area contributed by atoms with E-state index in [-0.39, 0.29) is 45.3 Å². The number of hydrogen-bond donors (Lipinski definition) is 2. The van der Waals surface area contributed by atoms with Gasteiger partial charge in [0.1, 0.15) is 17.2 Å². The summed E-state index contributed by atoms with van der Waals surface area (Å²) in [6.45, 7) is 40.3. The van der Waals surface area contributed by atoms with Gasteiger partial charge in [-0.3, -0.25) is 9.59 Å². The van der Waals surface area contributed by atoms with Gasteiger partial charge < -0.3 is 23.8 Å². The zero-order chi connectivity index (χ0) is 43.9. The number of benzene rings is 3. The smallest absolute Gasteiger partial charge is 0.481 e. The van der Waals surface area contributed by atoms with E-state index in [2.05, 4.69) is 179 Å². The molecule has 0 fully saturated rings. The minimum Gasteiger partial charge on any atom is -0.481 e. The fourth-order valence-electron chi connectivity index (χ4n) is 5.70. The molecule has 9 heteroatoms. The van der Waals surface area contributed by atoms with Crippen molar-refractivity contribution in [1.29, 1.82) is 0 Å². The minimum atomic E-state index is -1.89. The zero-order valence-corrected chi connectivity index (χ0v) is 40.0. The van der Waals surface area contributed by atoms with E-state index < -0.39 is 20.5 Å². The summed E-state index contributed by atoms with van der Waals surface area (Å²) in [6, 6.07) is 19.7. The Morgan fingerprint density at radius 1 is 0.456 bits per heavy atom. The van der Waals surface area contributed by atoms with E-state index in [0.717, 1.165) is 33.9 Å². The third-order valence-electron chi connectivity index (χ3n) is 9.40. The van der Waals surface area contributed by atoms with Crippen LogP contribution < -0.4 is 13.6 Å². The Balaban J connectivity index is 0.000000886. The summed E-state index contributed by atoms with van der Waals surface area (Å²) in [5.41, 5.74) is 6.85. The Labute approximate surface area is 351 Å². The minimum absolute atomic E-state index is 0.0170. The van der Waals surface area contributed by atoms with Gasteiger partial charge in [-0.2, -0.15) is 11.8 Å². The Hall–Kier alpha value is -3.22. The molecule has 0 aliphatic rings. The highest BCUT2D eigenvalue weighted by molar-refractivity contribution is 7.99. The van der Waals surface area contributed by atoms with Gasteiger partial charge in [0.2, 0.25) is 0 Å². The molecule has 0 aliphatic heterocycles. The average Bonchev–Trinajstić information content (AvgIpc) is 3.02. The Kier molecular flexibility index (Phi) is 16.8. The molecule has 0 bridgehead atoms. The van der Waals surface area contributed by atoms with Crippen LogP contribution in [0.1, 0.15) is 171 Å². The second-order valence-electron chi connectivity index (χ2n) is 21.0. The normalized spacial score (nSPS) is 12.8. The Morgan fingerprint density at radius 3 is 0.895 bits per heavy atom. The van der Waals surface area contributed by atoms with Crippen molar-refractivity contribution in [3.8, 4) is 17.2 Å². The molecule has 3 aromatic carbocycles. The van der Waals surface area contributed by atoms with Crippen molar-refractivity contribution in [2.24, 2.45) is 0 Å². The SMILES string of the molecule is CC(C)(C)c1ccc(OP(Oc2ccc(C(C)(C)C)cc2C(C)(C)C)Oc2ccc(C(C)(C)C)cc2C(C)(C)C)c(C(C)(C)C)c1.O=C(O)CCSCCC(=O)O. The maximum atomic E-state index is 9.97. The molecular formula is C48H73O7PS. The van der Waals surface area contributed by atoms with Crippen LogP contribution in [-0.4, -0.2) is 33.7 Å². The molecule has 0 atom stereocenters. The molecule has 0 saturated carbocycles. The lowest BCUT2D eigenvalue weighted by Gasteiger charge is -2.31. The van der Waals surface area contributed by atoms with Crippen LogP contribution in [0, 0.1) is 0 Å². The molecule has 57 heavy (non-hydrogen) atoms. The molecule has 318 valence electrons. The summed E-state index contributed by atoms with van der Waals surface area (Å²) in [6.07, 6.45) is 0.203. The molecular weight excluding hydrogens is 752 g/mol. The van der Waals surface area contributed by atoms with Gasteiger partial charge in [-0.1, -0.05) is 161 Å². The number of carboxylic acid groups (broad SMARTS) is 2. The molecule has 0 heterocycles. The summed E-state index contributed by atoms with van der Waals surface area (Å²) in [4.78, 5) is 19.9. The van der Waals surface area contributed by atoms with Crippen molar-refractivity contribution in [3.05, 3.63) is 88.0 Å². The van der Waals surface area contributed by atoms with Crippen LogP contribution in [0.15, 0.2) is 54.6 Å². The monoisotopic (exact) mass is 824 g/mol. The topological polar surface area (TPSA) is 102 Å². The fraction of sp³-hybridized carbons (Fsp3) is 0.583. The Morgan fingerprint density at radius 2 is 0.702 bits per heavy atom. The molecule has 7 nitrogen and oxygen atoms in total. The van der Waals surface area contributed by atoms with E-state index in [1.54, 1.807) is 0 Å². The molecule has 2 N–H and O–H groups in total. The van der Waals surface area contributed by atoms with E-state index in [1.807, 2.05) is 0 Å². The Bertz CT molecular complexity index is 1610. The first-order chi connectivity index (χ1) is 25.7. The lowest BCUT2D eigenvalue weighted by atomic mass is 9.80.